The molecule has 1 aromatic heterocycles. The smallest absolute Gasteiger partial charge is 0.162 e. The predicted octanol–water partition coefficient (Wildman–Crippen LogP) is 6.55. The largest absolute Gasteiger partial charge is 0.464 e. The second-order valence-corrected chi connectivity index (χ2v) is 9.77. The lowest BCUT2D eigenvalue weighted by molar-refractivity contribution is 0.477. The first-order chi connectivity index (χ1) is 20.8. The number of nitrogens with zero attached hydrogens (tertiary/aromatic N) is 4. The number of rotatable bonds is 4. The second-order valence-electron chi connectivity index (χ2n) is 9.77. The van der Waals surface area contributed by atoms with Crippen molar-refractivity contribution in [3.8, 4) is 17.1 Å². The molecule has 204 valence electrons. The van der Waals surface area contributed by atoms with Crippen LogP contribution in [0.2, 0.25) is 0 Å². The summed E-state index contributed by atoms with van der Waals surface area (Å²) in [7, 11) is 0. The van der Waals surface area contributed by atoms with Gasteiger partial charge in [-0.15, -0.1) is 0 Å². The molecule has 0 amide bonds. The number of hydrogen-bond donors (Lipinski definition) is 0. The van der Waals surface area contributed by atoms with Crippen molar-refractivity contribution in [3.63, 3.8) is 0 Å². The van der Waals surface area contributed by atoms with Gasteiger partial charge in [-0.1, -0.05) is 104 Å². The summed E-state index contributed by atoms with van der Waals surface area (Å²) in [5.74, 6) is 1.46. The van der Waals surface area contributed by atoms with Gasteiger partial charge in [0.05, 0.1) is 6.26 Å². The normalized spacial score (nSPS) is 20.6. The molecule has 0 bridgehead atoms. The average Bonchev–Trinajstić information content (AvgIpc) is 3.13. The van der Waals surface area contributed by atoms with Gasteiger partial charge in [-0.2, -0.15) is 0 Å². The van der Waals surface area contributed by atoms with E-state index in [1.807, 2.05) is 36.4 Å². The third-order valence-electron chi connectivity index (χ3n) is 7.14. The van der Waals surface area contributed by atoms with Crippen molar-refractivity contribution in [1.29, 1.82) is 0 Å². The molecule has 42 heavy (non-hydrogen) atoms. The highest BCUT2D eigenvalue weighted by Crippen LogP contribution is 2.32. The van der Waals surface area contributed by atoms with Crippen molar-refractivity contribution >= 4 is 23.5 Å². The van der Waals surface area contributed by atoms with Crippen molar-refractivity contribution < 1.29 is 4.74 Å². The van der Waals surface area contributed by atoms with Gasteiger partial charge in [0.2, 0.25) is 0 Å². The Morgan fingerprint density at radius 2 is 1.74 bits per heavy atom. The van der Waals surface area contributed by atoms with E-state index in [0.717, 1.165) is 45.0 Å². The van der Waals surface area contributed by atoms with E-state index in [1.54, 1.807) is 12.3 Å². The van der Waals surface area contributed by atoms with Gasteiger partial charge >= 0.3 is 0 Å². The van der Waals surface area contributed by atoms with Gasteiger partial charge in [0.25, 0.3) is 0 Å². The van der Waals surface area contributed by atoms with E-state index in [2.05, 4.69) is 111 Å². The van der Waals surface area contributed by atoms with E-state index in [0.29, 0.717) is 12.4 Å². The SMILES string of the molecule is C=C\C=c1\cccc2\c1=C/C=C/C(C1=C/Cc3ccccc3N(c3cccc(-c4ncncn4)c3)C/C=C\1)=C\C=C\O2. The van der Waals surface area contributed by atoms with Crippen molar-refractivity contribution in [2.75, 3.05) is 11.4 Å². The zero-order valence-corrected chi connectivity index (χ0v) is 23.2. The average molecular weight is 547 g/mol. The first-order valence-corrected chi connectivity index (χ1v) is 13.9. The predicted molar refractivity (Wildman–Crippen MR) is 171 cm³/mol. The molecule has 0 spiro atoms. The Labute approximate surface area is 245 Å². The first kappa shape index (κ1) is 26.7. The number of ether oxygens (including phenoxy) is 1. The van der Waals surface area contributed by atoms with Gasteiger partial charge in [0.1, 0.15) is 18.4 Å². The van der Waals surface area contributed by atoms with Crippen molar-refractivity contribution in [1.82, 2.24) is 15.0 Å². The minimum absolute atomic E-state index is 0.657. The Bertz CT molecular complexity index is 1880. The fraction of sp³-hybridized carbons (Fsp3) is 0.0541. The van der Waals surface area contributed by atoms with Gasteiger partial charge in [0, 0.05) is 28.7 Å². The third-order valence-corrected chi connectivity index (χ3v) is 7.14. The van der Waals surface area contributed by atoms with Crippen LogP contribution in [-0.4, -0.2) is 21.5 Å². The van der Waals surface area contributed by atoms with Crippen LogP contribution < -0.4 is 20.1 Å². The maximum Gasteiger partial charge on any atom is 0.162 e. The molecular formula is C37H30N4O. The molecule has 2 aliphatic rings. The Balaban J connectivity index is 1.36. The van der Waals surface area contributed by atoms with Crippen LogP contribution in [0.1, 0.15) is 5.56 Å². The van der Waals surface area contributed by atoms with E-state index in [-0.39, 0.29) is 0 Å². The van der Waals surface area contributed by atoms with Crippen LogP contribution in [0, 0.1) is 0 Å². The highest BCUT2D eigenvalue weighted by atomic mass is 16.5. The van der Waals surface area contributed by atoms with E-state index >= 15 is 0 Å². The quantitative estimate of drug-likeness (QED) is 0.291. The minimum Gasteiger partial charge on any atom is -0.464 e. The number of benzene rings is 3. The molecule has 5 heteroatoms. The Morgan fingerprint density at radius 3 is 2.64 bits per heavy atom. The maximum atomic E-state index is 6.00. The monoisotopic (exact) mass is 546 g/mol. The number of hydrogen-bond acceptors (Lipinski definition) is 5. The van der Waals surface area contributed by atoms with Gasteiger partial charge < -0.3 is 9.64 Å². The molecule has 6 rings (SSSR count). The summed E-state index contributed by atoms with van der Waals surface area (Å²) < 4.78 is 6.00. The van der Waals surface area contributed by atoms with Gasteiger partial charge in [-0.25, -0.2) is 15.0 Å². The Morgan fingerprint density at radius 1 is 0.857 bits per heavy atom. The fourth-order valence-electron chi connectivity index (χ4n) is 5.14. The van der Waals surface area contributed by atoms with Crippen LogP contribution in [0.5, 0.6) is 5.75 Å². The fourth-order valence-corrected chi connectivity index (χ4v) is 5.14. The van der Waals surface area contributed by atoms with Crippen LogP contribution in [-0.2, 0) is 6.42 Å². The summed E-state index contributed by atoms with van der Waals surface area (Å²) in [4.78, 5) is 15.0. The first-order valence-electron chi connectivity index (χ1n) is 13.9. The minimum atomic E-state index is 0.657. The topological polar surface area (TPSA) is 51.1 Å². The van der Waals surface area contributed by atoms with E-state index < -0.39 is 0 Å². The molecule has 0 saturated heterocycles. The van der Waals surface area contributed by atoms with E-state index in [4.69, 9.17) is 4.74 Å². The molecule has 0 N–H and O–H groups in total. The van der Waals surface area contributed by atoms with Crippen LogP contribution in [0.3, 0.4) is 0 Å². The standard InChI is InChI=1S/C37H30N4O/c1-2-10-30-13-7-20-36-34(30)18-6-12-28(16-9-24-42-36)29-15-8-23-41(35-19-4-3-11-31(35)22-21-29)33-17-5-14-32(25-33)37-39-26-38-27-40-37/h2-21,24-27H,1,22-23H2/b12-6+,15-8-,24-9+,28-16+,29-21+,30-10-,34-18-. The molecule has 0 atom stereocenters. The number of allylic oxidation sites excluding steroid dienone is 9. The third kappa shape index (κ3) is 5.96. The number of anilines is 2. The molecule has 3 aromatic carbocycles. The lowest BCUT2D eigenvalue weighted by Crippen LogP contribution is -2.25. The van der Waals surface area contributed by atoms with Gasteiger partial charge in [-0.3, -0.25) is 0 Å². The second kappa shape index (κ2) is 12.7. The lowest BCUT2D eigenvalue weighted by atomic mass is 10.0. The summed E-state index contributed by atoms with van der Waals surface area (Å²) in [6.45, 7) is 4.56. The number of fused-ring (bicyclic) bond motifs is 2. The van der Waals surface area contributed by atoms with E-state index in [9.17, 15) is 0 Å². The van der Waals surface area contributed by atoms with E-state index in [1.165, 1.54) is 23.9 Å². The summed E-state index contributed by atoms with van der Waals surface area (Å²) in [5.41, 5.74) is 6.69. The Hall–Kier alpha value is -5.55. The molecule has 4 aromatic rings. The number of para-hydroxylation sites is 1. The summed E-state index contributed by atoms with van der Waals surface area (Å²) in [6, 6.07) is 22.9. The highest BCUT2D eigenvalue weighted by Gasteiger charge is 2.15. The van der Waals surface area contributed by atoms with Gasteiger partial charge in [-0.05, 0) is 58.7 Å². The molecule has 0 aliphatic carbocycles. The highest BCUT2D eigenvalue weighted by molar-refractivity contribution is 5.72. The number of aromatic nitrogens is 3. The molecule has 0 saturated carbocycles. The van der Waals surface area contributed by atoms with Crippen LogP contribution in [0.4, 0.5) is 11.4 Å². The van der Waals surface area contributed by atoms with Gasteiger partial charge in [0.15, 0.2) is 5.82 Å². The molecule has 2 aliphatic heterocycles. The zero-order valence-electron chi connectivity index (χ0n) is 23.2. The zero-order chi connectivity index (χ0) is 28.6. The van der Waals surface area contributed by atoms with Crippen molar-refractivity contribution in [2.24, 2.45) is 0 Å². The van der Waals surface area contributed by atoms with Crippen molar-refractivity contribution in [2.45, 2.75) is 6.42 Å². The molecule has 5 nitrogen and oxygen atoms in total. The van der Waals surface area contributed by atoms with Crippen LogP contribution in [0.25, 0.3) is 23.5 Å². The molecule has 0 radical (unpaired) electrons. The maximum absolute atomic E-state index is 6.00. The van der Waals surface area contributed by atoms with Crippen LogP contribution in [0.15, 0.2) is 152 Å². The summed E-state index contributed by atoms with van der Waals surface area (Å²) in [5, 5.41) is 2.08. The Kier molecular flexibility index (Phi) is 8.09. The summed E-state index contributed by atoms with van der Waals surface area (Å²) in [6.07, 6.45) is 26.4. The molecule has 3 heterocycles. The van der Waals surface area contributed by atoms with Crippen LogP contribution >= 0.6 is 0 Å². The van der Waals surface area contributed by atoms with Crippen molar-refractivity contribution in [3.05, 3.63) is 168 Å². The summed E-state index contributed by atoms with van der Waals surface area (Å²) >= 11 is 0. The lowest BCUT2D eigenvalue weighted by Gasteiger charge is -2.26. The molecule has 0 fully saturated rings. The molecule has 0 unspecified atom stereocenters. The molecular weight excluding hydrogens is 516 g/mol.